The molecule has 1 saturated carbocycles. The quantitative estimate of drug-likeness (QED) is 0.728. The van der Waals surface area contributed by atoms with Gasteiger partial charge in [0.15, 0.2) is 23.1 Å². The summed E-state index contributed by atoms with van der Waals surface area (Å²) in [5, 5.41) is 5.06. The molecule has 4 rings (SSSR count). The maximum absolute atomic E-state index is 5.46. The van der Waals surface area contributed by atoms with E-state index in [1.165, 1.54) is 12.8 Å². The van der Waals surface area contributed by atoms with E-state index in [4.69, 9.17) is 31.4 Å². The summed E-state index contributed by atoms with van der Waals surface area (Å²) in [5.41, 5.74) is 1.58. The normalized spacial score (nSPS) is 17.9. The molecule has 1 atom stereocenters. The van der Waals surface area contributed by atoms with Crippen LogP contribution in [0.15, 0.2) is 18.3 Å². The molecule has 2 aliphatic rings. The molecule has 2 heterocycles. The van der Waals surface area contributed by atoms with Crippen molar-refractivity contribution < 1.29 is 14.2 Å². The maximum atomic E-state index is 5.46. The first-order valence-electron chi connectivity index (χ1n) is 8.84. The van der Waals surface area contributed by atoms with Crippen molar-refractivity contribution in [1.29, 1.82) is 0 Å². The van der Waals surface area contributed by atoms with E-state index >= 15 is 0 Å². The third kappa shape index (κ3) is 3.25. The topological polar surface area (TPSA) is 68.7 Å². The summed E-state index contributed by atoms with van der Waals surface area (Å²) in [6.45, 7) is 0.936. The molecule has 1 aromatic heterocycles. The van der Waals surface area contributed by atoms with Crippen molar-refractivity contribution in [2.45, 2.75) is 19.0 Å². The zero-order valence-electron chi connectivity index (χ0n) is 15.6. The van der Waals surface area contributed by atoms with Crippen LogP contribution in [-0.2, 0) is 0 Å². The molecule has 27 heavy (non-hydrogen) atoms. The Bertz CT molecular complexity index is 847. The minimum absolute atomic E-state index is 0.0502. The second-order valence-electron chi connectivity index (χ2n) is 6.66. The maximum Gasteiger partial charge on any atom is 0.203 e. The molecule has 1 aliphatic carbocycles. The Hall–Kier alpha value is -2.61. The Labute approximate surface area is 163 Å². The van der Waals surface area contributed by atoms with Crippen molar-refractivity contribution in [1.82, 2.24) is 9.97 Å². The molecule has 142 valence electrons. The van der Waals surface area contributed by atoms with Crippen LogP contribution in [0.3, 0.4) is 0 Å². The van der Waals surface area contributed by atoms with Crippen molar-refractivity contribution >= 4 is 29.2 Å². The lowest BCUT2D eigenvalue weighted by Crippen LogP contribution is -2.38. The van der Waals surface area contributed by atoms with Gasteiger partial charge in [0.05, 0.1) is 33.2 Å². The number of hydrogen-bond acceptors (Lipinski definition) is 8. The Balaban J connectivity index is 1.75. The van der Waals surface area contributed by atoms with Crippen LogP contribution in [0.2, 0.25) is 0 Å². The Morgan fingerprint density at radius 3 is 2.44 bits per heavy atom. The molecule has 2 aromatic rings. The van der Waals surface area contributed by atoms with Gasteiger partial charge in [-0.2, -0.15) is 0 Å². The van der Waals surface area contributed by atoms with Gasteiger partial charge in [0, 0.05) is 17.5 Å². The number of nitrogens with one attached hydrogen (secondary N) is 1. The number of rotatable bonds is 7. The van der Waals surface area contributed by atoms with E-state index in [0.29, 0.717) is 23.2 Å². The van der Waals surface area contributed by atoms with Crippen molar-refractivity contribution in [3.05, 3.63) is 18.3 Å². The lowest BCUT2D eigenvalue weighted by atomic mass is 10.1. The molecule has 0 saturated heterocycles. The molecule has 8 heteroatoms. The summed E-state index contributed by atoms with van der Waals surface area (Å²) in [5.74, 6) is 4.02. The van der Waals surface area contributed by atoms with Crippen LogP contribution in [0.5, 0.6) is 17.2 Å². The van der Waals surface area contributed by atoms with Crippen molar-refractivity contribution in [2.24, 2.45) is 5.92 Å². The summed E-state index contributed by atoms with van der Waals surface area (Å²) in [4.78, 5) is 11.6. The van der Waals surface area contributed by atoms with Gasteiger partial charge in [-0.3, -0.25) is 0 Å². The molecule has 7 nitrogen and oxygen atoms in total. The van der Waals surface area contributed by atoms with Crippen LogP contribution in [-0.4, -0.2) is 49.4 Å². The molecule has 1 N–H and O–H groups in total. The number of nitrogens with zero attached hydrogens (tertiary/aromatic N) is 3. The van der Waals surface area contributed by atoms with Gasteiger partial charge in [-0.1, -0.05) is 12.2 Å². The number of benzene rings is 1. The third-order valence-electron chi connectivity index (χ3n) is 4.89. The average Bonchev–Trinajstić information content (AvgIpc) is 3.46. The number of anilines is 2. The average molecular weight is 386 g/mol. The lowest BCUT2D eigenvalue weighted by molar-refractivity contribution is 0.324. The third-order valence-corrected chi connectivity index (χ3v) is 5.15. The highest BCUT2D eigenvalue weighted by Crippen LogP contribution is 2.42. The molecule has 1 aliphatic heterocycles. The standard InChI is InChI=1S/C19H22N4O3S/c1-24-14-6-12(7-15(25-2)17(14)26-3)13-8-20-18-19(21-13)23(9-11-4-5-11)16(10-27)22-18/h6-8,10-11,16H,4-5,9H2,1-3H3,(H,20,22). The highest BCUT2D eigenvalue weighted by atomic mass is 32.1. The molecule has 1 unspecified atom stereocenters. The monoisotopic (exact) mass is 386 g/mol. The molecule has 0 spiro atoms. The SMILES string of the molecule is COc1cc(-c2cnc3c(n2)N(CC2CC2)C(C=S)N3)cc(OC)c1OC. The number of fused-ring (bicyclic) bond motifs is 1. The Morgan fingerprint density at radius 2 is 1.89 bits per heavy atom. The van der Waals surface area contributed by atoms with Crippen LogP contribution in [0, 0.1) is 5.92 Å². The first kappa shape index (κ1) is 17.8. The van der Waals surface area contributed by atoms with E-state index in [0.717, 1.165) is 29.4 Å². The van der Waals surface area contributed by atoms with Crippen molar-refractivity contribution in [3.8, 4) is 28.5 Å². The molecule has 1 aromatic carbocycles. The summed E-state index contributed by atoms with van der Waals surface area (Å²) in [7, 11) is 4.78. The highest BCUT2D eigenvalue weighted by Gasteiger charge is 2.34. The smallest absolute Gasteiger partial charge is 0.203 e. The second kappa shape index (κ2) is 7.19. The van der Waals surface area contributed by atoms with Gasteiger partial charge in [0.25, 0.3) is 0 Å². The largest absolute Gasteiger partial charge is 0.493 e. The van der Waals surface area contributed by atoms with Gasteiger partial charge in [0.2, 0.25) is 5.75 Å². The molecular formula is C19H22N4O3S. The van der Waals surface area contributed by atoms with Gasteiger partial charge in [-0.05, 0) is 30.9 Å². The fourth-order valence-electron chi connectivity index (χ4n) is 3.29. The van der Waals surface area contributed by atoms with E-state index in [-0.39, 0.29) is 6.17 Å². The van der Waals surface area contributed by atoms with Crippen LogP contribution in [0.25, 0.3) is 11.3 Å². The highest BCUT2D eigenvalue weighted by molar-refractivity contribution is 7.79. The zero-order valence-corrected chi connectivity index (χ0v) is 16.4. The van der Waals surface area contributed by atoms with Gasteiger partial charge < -0.3 is 24.4 Å². The first-order chi connectivity index (χ1) is 13.2. The molecule has 1 fully saturated rings. The van der Waals surface area contributed by atoms with E-state index in [1.807, 2.05) is 12.1 Å². The van der Waals surface area contributed by atoms with Crippen molar-refractivity contribution in [2.75, 3.05) is 38.1 Å². The summed E-state index contributed by atoms with van der Waals surface area (Å²) < 4.78 is 16.3. The van der Waals surface area contributed by atoms with Gasteiger partial charge in [-0.25, -0.2) is 9.97 Å². The number of ether oxygens (including phenoxy) is 3. The number of methoxy groups -OCH3 is 3. The second-order valence-corrected chi connectivity index (χ2v) is 6.93. The zero-order chi connectivity index (χ0) is 19.0. The minimum atomic E-state index is -0.0502. The molecule has 0 amide bonds. The lowest BCUT2D eigenvalue weighted by Gasteiger charge is -2.22. The molecular weight excluding hydrogens is 364 g/mol. The van der Waals surface area contributed by atoms with Gasteiger partial charge in [-0.15, -0.1) is 0 Å². The van der Waals surface area contributed by atoms with Crippen LogP contribution < -0.4 is 24.4 Å². The van der Waals surface area contributed by atoms with Crippen LogP contribution >= 0.6 is 12.2 Å². The predicted octanol–water partition coefficient (Wildman–Crippen LogP) is 3.14. The van der Waals surface area contributed by atoms with E-state index in [9.17, 15) is 0 Å². The van der Waals surface area contributed by atoms with Crippen molar-refractivity contribution in [3.63, 3.8) is 0 Å². The van der Waals surface area contributed by atoms with E-state index < -0.39 is 0 Å². The molecule has 0 bridgehead atoms. The first-order valence-corrected chi connectivity index (χ1v) is 9.31. The summed E-state index contributed by atoms with van der Waals surface area (Å²) in [6, 6.07) is 3.75. The summed E-state index contributed by atoms with van der Waals surface area (Å²) in [6.07, 6.45) is 4.21. The molecule has 0 radical (unpaired) electrons. The minimum Gasteiger partial charge on any atom is -0.493 e. The Morgan fingerprint density at radius 1 is 1.19 bits per heavy atom. The van der Waals surface area contributed by atoms with E-state index in [1.54, 1.807) is 32.9 Å². The van der Waals surface area contributed by atoms with E-state index in [2.05, 4.69) is 15.2 Å². The van der Waals surface area contributed by atoms with Crippen LogP contribution in [0.1, 0.15) is 12.8 Å². The predicted molar refractivity (Wildman–Crippen MR) is 108 cm³/mol. The number of thiocarbonyl (C=S) groups is 1. The van der Waals surface area contributed by atoms with Gasteiger partial charge >= 0.3 is 0 Å². The van der Waals surface area contributed by atoms with Gasteiger partial charge in [0.1, 0.15) is 6.17 Å². The number of hydrogen-bond donors (Lipinski definition) is 1. The number of aromatic nitrogens is 2. The van der Waals surface area contributed by atoms with Crippen LogP contribution in [0.4, 0.5) is 11.6 Å². The Kier molecular flexibility index (Phi) is 4.73. The fourth-order valence-corrected chi connectivity index (χ4v) is 3.50. The summed E-state index contributed by atoms with van der Waals surface area (Å²) >= 11 is 5.20. The fraction of sp³-hybridized carbons (Fsp3) is 0.421.